The zero-order valence-electron chi connectivity index (χ0n) is 11.1. The van der Waals surface area contributed by atoms with Crippen LogP contribution in [0.2, 0.25) is 0 Å². The second kappa shape index (κ2) is 7.25. The van der Waals surface area contributed by atoms with E-state index >= 15 is 0 Å². The molecule has 0 spiro atoms. The van der Waals surface area contributed by atoms with Crippen LogP contribution in [-0.4, -0.2) is 11.5 Å². The summed E-state index contributed by atoms with van der Waals surface area (Å²) < 4.78 is 0.961. The highest BCUT2D eigenvalue weighted by atomic mass is 79.9. The van der Waals surface area contributed by atoms with Gasteiger partial charge in [-0.2, -0.15) is 0 Å². The summed E-state index contributed by atoms with van der Waals surface area (Å²) in [5, 5.41) is 3.48. The van der Waals surface area contributed by atoms with Crippen LogP contribution in [-0.2, 0) is 0 Å². The Balaban J connectivity index is 1.82. The maximum absolute atomic E-state index is 5.64. The van der Waals surface area contributed by atoms with Crippen molar-refractivity contribution in [1.82, 2.24) is 0 Å². The first-order chi connectivity index (χ1) is 9.16. The van der Waals surface area contributed by atoms with E-state index in [0.717, 1.165) is 28.2 Å². The minimum Gasteiger partial charge on any atom is -0.389 e. The first-order valence-electron chi connectivity index (χ1n) is 7.00. The highest BCUT2D eigenvalue weighted by Gasteiger charge is 2.12. The number of thiocarbonyl (C=S) groups is 1. The van der Waals surface area contributed by atoms with Crippen LogP contribution >= 0.6 is 28.1 Å². The second-order valence-electron chi connectivity index (χ2n) is 5.28. The van der Waals surface area contributed by atoms with E-state index in [1.807, 2.05) is 12.1 Å². The van der Waals surface area contributed by atoms with Crippen molar-refractivity contribution < 1.29 is 0 Å². The molecule has 0 aliphatic heterocycles. The molecule has 0 amide bonds. The number of nitrogens with two attached hydrogens (primary N) is 1. The molecule has 1 aliphatic rings. The molecule has 0 heterocycles. The van der Waals surface area contributed by atoms with Gasteiger partial charge in [0.05, 0.1) is 0 Å². The van der Waals surface area contributed by atoms with Gasteiger partial charge in [0.25, 0.3) is 0 Å². The molecule has 1 fully saturated rings. The van der Waals surface area contributed by atoms with Gasteiger partial charge in [-0.25, -0.2) is 0 Å². The summed E-state index contributed by atoms with van der Waals surface area (Å²) in [7, 11) is 0. The molecule has 0 unspecified atom stereocenters. The van der Waals surface area contributed by atoms with E-state index in [4.69, 9.17) is 18.0 Å². The zero-order chi connectivity index (χ0) is 13.7. The lowest BCUT2D eigenvalue weighted by atomic mass is 9.87. The molecule has 3 N–H and O–H groups in total. The van der Waals surface area contributed by atoms with Crippen molar-refractivity contribution in [3.63, 3.8) is 0 Å². The van der Waals surface area contributed by atoms with Crippen molar-refractivity contribution in [1.29, 1.82) is 0 Å². The lowest BCUT2D eigenvalue weighted by Gasteiger charge is -2.21. The SMILES string of the molecule is NC(=S)c1ccc(NCCC2CCCCC2)cc1Br. The van der Waals surface area contributed by atoms with Gasteiger partial charge < -0.3 is 11.1 Å². The van der Waals surface area contributed by atoms with Gasteiger partial charge in [0.2, 0.25) is 0 Å². The fourth-order valence-corrected chi connectivity index (χ4v) is 3.62. The Morgan fingerprint density at radius 3 is 2.68 bits per heavy atom. The van der Waals surface area contributed by atoms with Crippen molar-refractivity contribution in [2.24, 2.45) is 11.7 Å². The molecular formula is C15H21BrN2S. The molecule has 2 rings (SSSR count). The molecule has 104 valence electrons. The smallest absolute Gasteiger partial charge is 0.105 e. The Labute approximate surface area is 129 Å². The van der Waals surface area contributed by atoms with Crippen LogP contribution in [0, 0.1) is 5.92 Å². The number of rotatable bonds is 5. The molecule has 19 heavy (non-hydrogen) atoms. The quantitative estimate of drug-likeness (QED) is 0.776. The summed E-state index contributed by atoms with van der Waals surface area (Å²) in [6, 6.07) is 6.06. The van der Waals surface area contributed by atoms with Crippen molar-refractivity contribution >= 4 is 38.8 Å². The first-order valence-corrected chi connectivity index (χ1v) is 8.20. The van der Waals surface area contributed by atoms with Gasteiger partial charge in [0, 0.05) is 22.3 Å². The molecule has 1 saturated carbocycles. The molecule has 1 aliphatic carbocycles. The van der Waals surface area contributed by atoms with Crippen molar-refractivity contribution in [3.05, 3.63) is 28.2 Å². The van der Waals surface area contributed by atoms with Crippen LogP contribution in [0.4, 0.5) is 5.69 Å². The predicted molar refractivity (Wildman–Crippen MR) is 89.7 cm³/mol. The fraction of sp³-hybridized carbons (Fsp3) is 0.533. The molecule has 0 bridgehead atoms. The third kappa shape index (κ3) is 4.46. The van der Waals surface area contributed by atoms with E-state index in [-0.39, 0.29) is 0 Å². The summed E-state index contributed by atoms with van der Waals surface area (Å²) in [5.74, 6) is 0.917. The van der Waals surface area contributed by atoms with E-state index < -0.39 is 0 Å². The Hall–Kier alpha value is -0.610. The standard InChI is InChI=1S/C15H21BrN2S/c16-14-10-12(6-7-13(14)15(17)19)18-9-8-11-4-2-1-3-5-11/h6-7,10-11,18H,1-5,8-9H2,(H2,17,19). The van der Waals surface area contributed by atoms with Crippen LogP contribution in [0.1, 0.15) is 44.1 Å². The number of benzene rings is 1. The van der Waals surface area contributed by atoms with E-state index in [2.05, 4.69) is 27.3 Å². The predicted octanol–water partition coefficient (Wildman–Crippen LogP) is 4.47. The monoisotopic (exact) mass is 340 g/mol. The van der Waals surface area contributed by atoms with Crippen molar-refractivity contribution in [2.75, 3.05) is 11.9 Å². The Morgan fingerprint density at radius 2 is 2.05 bits per heavy atom. The Morgan fingerprint density at radius 1 is 1.32 bits per heavy atom. The minimum atomic E-state index is 0.431. The lowest BCUT2D eigenvalue weighted by Crippen LogP contribution is -2.13. The van der Waals surface area contributed by atoms with Gasteiger partial charge in [-0.3, -0.25) is 0 Å². The summed E-state index contributed by atoms with van der Waals surface area (Å²) in [4.78, 5) is 0.431. The van der Waals surface area contributed by atoms with Crippen LogP contribution in [0.25, 0.3) is 0 Å². The second-order valence-corrected chi connectivity index (χ2v) is 6.57. The van der Waals surface area contributed by atoms with E-state index in [1.165, 1.54) is 38.5 Å². The molecule has 2 nitrogen and oxygen atoms in total. The van der Waals surface area contributed by atoms with Gasteiger partial charge in [0.15, 0.2) is 0 Å². The van der Waals surface area contributed by atoms with Gasteiger partial charge in [0.1, 0.15) is 4.99 Å². The number of hydrogen-bond donors (Lipinski definition) is 2. The average molecular weight is 341 g/mol. The van der Waals surface area contributed by atoms with E-state index in [9.17, 15) is 0 Å². The molecule has 0 atom stereocenters. The largest absolute Gasteiger partial charge is 0.389 e. The van der Waals surface area contributed by atoms with Gasteiger partial charge in [-0.1, -0.05) is 44.3 Å². The van der Waals surface area contributed by atoms with Gasteiger partial charge >= 0.3 is 0 Å². The lowest BCUT2D eigenvalue weighted by molar-refractivity contribution is 0.345. The topological polar surface area (TPSA) is 38.0 Å². The molecule has 0 radical (unpaired) electrons. The Bertz CT molecular complexity index is 442. The van der Waals surface area contributed by atoms with Gasteiger partial charge in [-0.15, -0.1) is 0 Å². The molecule has 0 saturated heterocycles. The number of nitrogens with one attached hydrogen (secondary N) is 1. The summed E-state index contributed by atoms with van der Waals surface area (Å²) in [6.07, 6.45) is 8.35. The number of halogens is 1. The third-order valence-electron chi connectivity index (χ3n) is 3.84. The van der Waals surface area contributed by atoms with Crippen LogP contribution in [0.15, 0.2) is 22.7 Å². The molecular weight excluding hydrogens is 320 g/mol. The summed E-state index contributed by atoms with van der Waals surface area (Å²) >= 11 is 8.50. The zero-order valence-corrected chi connectivity index (χ0v) is 13.5. The van der Waals surface area contributed by atoms with E-state index in [1.54, 1.807) is 0 Å². The average Bonchev–Trinajstić information content (AvgIpc) is 2.39. The first kappa shape index (κ1) is 14.8. The maximum Gasteiger partial charge on any atom is 0.105 e. The Kier molecular flexibility index (Phi) is 5.64. The third-order valence-corrected chi connectivity index (χ3v) is 4.72. The molecule has 1 aromatic rings. The van der Waals surface area contributed by atoms with Crippen molar-refractivity contribution in [3.8, 4) is 0 Å². The van der Waals surface area contributed by atoms with Crippen LogP contribution in [0.3, 0.4) is 0 Å². The highest BCUT2D eigenvalue weighted by Crippen LogP contribution is 2.26. The highest BCUT2D eigenvalue weighted by molar-refractivity contribution is 9.10. The molecule has 1 aromatic carbocycles. The summed E-state index contributed by atoms with van der Waals surface area (Å²) in [5.41, 5.74) is 7.67. The summed E-state index contributed by atoms with van der Waals surface area (Å²) in [6.45, 7) is 1.05. The number of anilines is 1. The van der Waals surface area contributed by atoms with Gasteiger partial charge in [-0.05, 0) is 46.5 Å². The minimum absolute atomic E-state index is 0.431. The maximum atomic E-state index is 5.64. The van der Waals surface area contributed by atoms with E-state index in [0.29, 0.717) is 4.99 Å². The van der Waals surface area contributed by atoms with Crippen molar-refractivity contribution in [2.45, 2.75) is 38.5 Å². The fourth-order valence-electron chi connectivity index (χ4n) is 2.72. The molecule has 4 heteroatoms. The normalized spacial score (nSPS) is 16.3. The number of hydrogen-bond acceptors (Lipinski definition) is 2. The van der Waals surface area contributed by atoms with Crippen LogP contribution < -0.4 is 11.1 Å². The molecule has 0 aromatic heterocycles. The van der Waals surface area contributed by atoms with Crippen LogP contribution in [0.5, 0.6) is 0 Å².